The van der Waals surface area contributed by atoms with Crippen LogP contribution in [0.5, 0.6) is 0 Å². The Morgan fingerprint density at radius 1 is 1.50 bits per heavy atom. The molecule has 1 aliphatic carbocycles. The summed E-state index contributed by atoms with van der Waals surface area (Å²) in [5.41, 5.74) is 2.77. The maximum Gasteiger partial charge on any atom is 0.117 e. The van der Waals surface area contributed by atoms with E-state index in [2.05, 4.69) is 26.0 Å². The third-order valence-electron chi connectivity index (χ3n) is 2.45. The summed E-state index contributed by atoms with van der Waals surface area (Å²) in [6, 6.07) is 0. The van der Waals surface area contributed by atoms with Gasteiger partial charge in [-0.15, -0.1) is 0 Å². The monoisotopic (exact) mass is 192 g/mol. The number of allylic oxidation sites excluding steroid dienone is 5. The van der Waals surface area contributed by atoms with Crippen LogP contribution >= 0.6 is 0 Å². The summed E-state index contributed by atoms with van der Waals surface area (Å²) in [6.07, 6.45) is 7.63. The van der Waals surface area contributed by atoms with E-state index in [1.807, 2.05) is 6.08 Å². The van der Waals surface area contributed by atoms with Crippen LogP contribution in [0.1, 0.15) is 20.3 Å². The Balaban J connectivity index is 1.85. The van der Waals surface area contributed by atoms with Crippen LogP contribution in [-0.2, 0) is 9.47 Å². The van der Waals surface area contributed by atoms with Gasteiger partial charge in [-0.05, 0) is 38.0 Å². The van der Waals surface area contributed by atoms with Gasteiger partial charge in [0.25, 0.3) is 0 Å². The van der Waals surface area contributed by atoms with Crippen LogP contribution in [0.25, 0.3) is 0 Å². The van der Waals surface area contributed by atoms with Gasteiger partial charge in [-0.25, -0.2) is 0 Å². The average Bonchev–Trinajstić information content (AvgIpc) is 2.99. The van der Waals surface area contributed by atoms with Crippen LogP contribution in [0, 0.1) is 0 Å². The second-order valence-corrected chi connectivity index (χ2v) is 3.94. The molecule has 0 saturated carbocycles. The van der Waals surface area contributed by atoms with Crippen LogP contribution in [0.15, 0.2) is 35.1 Å². The first-order valence-electron chi connectivity index (χ1n) is 5.04. The average molecular weight is 192 g/mol. The quantitative estimate of drug-likeness (QED) is 0.641. The molecule has 0 aromatic rings. The van der Waals surface area contributed by atoms with E-state index in [1.54, 1.807) is 0 Å². The van der Waals surface area contributed by atoms with Crippen LogP contribution in [0.2, 0.25) is 0 Å². The van der Waals surface area contributed by atoms with E-state index in [1.165, 1.54) is 11.1 Å². The summed E-state index contributed by atoms with van der Waals surface area (Å²) in [5.74, 6) is 0.977. The molecule has 76 valence electrons. The minimum Gasteiger partial charge on any atom is -0.491 e. The van der Waals surface area contributed by atoms with E-state index in [0.717, 1.165) is 18.8 Å². The zero-order valence-corrected chi connectivity index (χ0v) is 8.75. The van der Waals surface area contributed by atoms with E-state index < -0.39 is 0 Å². The molecular weight excluding hydrogens is 176 g/mol. The topological polar surface area (TPSA) is 21.8 Å². The Kier molecular flexibility index (Phi) is 2.73. The van der Waals surface area contributed by atoms with Crippen molar-refractivity contribution in [3.05, 3.63) is 35.1 Å². The maximum absolute atomic E-state index is 5.56. The summed E-state index contributed by atoms with van der Waals surface area (Å²) in [5, 5.41) is 0. The number of epoxide rings is 1. The van der Waals surface area contributed by atoms with Crippen molar-refractivity contribution in [3.8, 4) is 0 Å². The van der Waals surface area contributed by atoms with Crippen molar-refractivity contribution in [2.24, 2.45) is 0 Å². The molecule has 2 nitrogen and oxygen atoms in total. The lowest BCUT2D eigenvalue weighted by atomic mass is 10.0. The molecule has 2 aliphatic rings. The minimum atomic E-state index is 0.342. The molecule has 0 radical (unpaired) electrons. The fourth-order valence-electron chi connectivity index (χ4n) is 1.36. The lowest BCUT2D eigenvalue weighted by Gasteiger charge is -2.11. The van der Waals surface area contributed by atoms with Gasteiger partial charge in [-0.1, -0.05) is 11.6 Å². The highest BCUT2D eigenvalue weighted by Gasteiger charge is 2.23. The van der Waals surface area contributed by atoms with Crippen LogP contribution in [0.4, 0.5) is 0 Å². The van der Waals surface area contributed by atoms with Crippen molar-refractivity contribution in [3.63, 3.8) is 0 Å². The highest BCUT2D eigenvalue weighted by molar-refractivity contribution is 5.35. The first-order chi connectivity index (χ1) is 6.75. The van der Waals surface area contributed by atoms with Crippen LogP contribution in [-0.4, -0.2) is 19.3 Å². The molecule has 0 N–H and O–H groups in total. The molecule has 14 heavy (non-hydrogen) atoms. The zero-order chi connectivity index (χ0) is 9.97. The van der Waals surface area contributed by atoms with Gasteiger partial charge in [0.05, 0.1) is 6.61 Å². The molecule has 0 aromatic carbocycles. The van der Waals surface area contributed by atoms with Gasteiger partial charge in [-0.2, -0.15) is 0 Å². The molecule has 1 fully saturated rings. The van der Waals surface area contributed by atoms with Gasteiger partial charge in [-0.3, -0.25) is 0 Å². The van der Waals surface area contributed by atoms with E-state index in [0.29, 0.717) is 12.7 Å². The van der Waals surface area contributed by atoms with Gasteiger partial charge in [0.2, 0.25) is 0 Å². The molecule has 1 aliphatic heterocycles. The molecule has 1 heterocycles. The van der Waals surface area contributed by atoms with E-state index in [9.17, 15) is 0 Å². The molecule has 0 amide bonds. The SMILES string of the molecule is CC(C)=C1C=CC(OCC2CO2)=CC1. The van der Waals surface area contributed by atoms with E-state index in [4.69, 9.17) is 9.47 Å². The van der Waals surface area contributed by atoms with Crippen molar-refractivity contribution in [2.75, 3.05) is 13.2 Å². The molecular formula is C12H16O2. The smallest absolute Gasteiger partial charge is 0.117 e. The van der Waals surface area contributed by atoms with Crippen molar-refractivity contribution < 1.29 is 9.47 Å². The number of hydrogen-bond acceptors (Lipinski definition) is 2. The number of rotatable bonds is 3. The lowest BCUT2D eigenvalue weighted by Crippen LogP contribution is -2.01. The fourth-order valence-corrected chi connectivity index (χ4v) is 1.36. The molecule has 1 atom stereocenters. The minimum absolute atomic E-state index is 0.342. The predicted octanol–water partition coefficient (Wildman–Crippen LogP) is 2.58. The normalized spacial score (nSPS) is 24.6. The Labute approximate surface area is 84.9 Å². The Morgan fingerprint density at radius 2 is 2.29 bits per heavy atom. The van der Waals surface area contributed by atoms with Crippen molar-refractivity contribution >= 4 is 0 Å². The second kappa shape index (κ2) is 4.01. The highest BCUT2D eigenvalue weighted by Crippen LogP contribution is 2.20. The summed E-state index contributed by atoms with van der Waals surface area (Å²) in [7, 11) is 0. The third kappa shape index (κ3) is 2.48. The standard InChI is InChI=1S/C12H16O2/c1-9(2)10-3-5-11(6-4-10)13-7-12-8-14-12/h3,5-6,12H,4,7-8H2,1-2H3. The first-order valence-corrected chi connectivity index (χ1v) is 5.04. The van der Waals surface area contributed by atoms with Gasteiger partial charge < -0.3 is 9.47 Å². The summed E-state index contributed by atoms with van der Waals surface area (Å²) in [4.78, 5) is 0. The molecule has 2 rings (SSSR count). The van der Waals surface area contributed by atoms with Crippen LogP contribution < -0.4 is 0 Å². The molecule has 2 heteroatoms. The Bertz CT molecular complexity index is 302. The summed E-state index contributed by atoms with van der Waals surface area (Å²) < 4.78 is 10.6. The molecule has 1 unspecified atom stereocenters. The predicted molar refractivity (Wildman–Crippen MR) is 55.9 cm³/mol. The summed E-state index contributed by atoms with van der Waals surface area (Å²) in [6.45, 7) is 5.82. The van der Waals surface area contributed by atoms with Gasteiger partial charge in [0.15, 0.2) is 0 Å². The fraction of sp³-hybridized carbons (Fsp3) is 0.500. The maximum atomic E-state index is 5.56. The van der Waals surface area contributed by atoms with Gasteiger partial charge in [0.1, 0.15) is 18.5 Å². The van der Waals surface area contributed by atoms with Crippen molar-refractivity contribution in [2.45, 2.75) is 26.4 Å². The first kappa shape index (κ1) is 9.53. The second-order valence-electron chi connectivity index (χ2n) is 3.94. The van der Waals surface area contributed by atoms with Gasteiger partial charge >= 0.3 is 0 Å². The molecule has 1 saturated heterocycles. The Hall–Kier alpha value is -1.02. The van der Waals surface area contributed by atoms with Crippen molar-refractivity contribution in [1.82, 2.24) is 0 Å². The largest absolute Gasteiger partial charge is 0.491 e. The molecule has 0 spiro atoms. The molecule has 0 bridgehead atoms. The number of ether oxygens (including phenoxy) is 2. The zero-order valence-electron chi connectivity index (χ0n) is 8.75. The number of hydrogen-bond donors (Lipinski definition) is 0. The van der Waals surface area contributed by atoms with Crippen molar-refractivity contribution in [1.29, 1.82) is 0 Å². The van der Waals surface area contributed by atoms with E-state index >= 15 is 0 Å². The lowest BCUT2D eigenvalue weighted by molar-refractivity contribution is 0.192. The highest BCUT2D eigenvalue weighted by atomic mass is 16.6. The van der Waals surface area contributed by atoms with Crippen LogP contribution in [0.3, 0.4) is 0 Å². The molecule has 0 aromatic heterocycles. The third-order valence-corrected chi connectivity index (χ3v) is 2.45. The summed E-state index contributed by atoms with van der Waals surface area (Å²) >= 11 is 0. The Morgan fingerprint density at radius 3 is 2.79 bits per heavy atom. The van der Waals surface area contributed by atoms with Gasteiger partial charge in [0, 0.05) is 0 Å². The van der Waals surface area contributed by atoms with E-state index in [-0.39, 0.29) is 0 Å².